The first kappa shape index (κ1) is 23.2. The molecule has 1 aliphatic heterocycles. The molecule has 2 aromatic rings. The van der Waals surface area contributed by atoms with Crippen LogP contribution in [0.1, 0.15) is 30.9 Å². The molecular formula is C25H28N2O5S. The molecule has 0 radical (unpaired) electrons. The highest BCUT2D eigenvalue weighted by atomic mass is 32.2. The van der Waals surface area contributed by atoms with Crippen molar-refractivity contribution in [3.05, 3.63) is 59.7 Å². The van der Waals surface area contributed by atoms with Crippen molar-refractivity contribution < 1.29 is 24.2 Å². The summed E-state index contributed by atoms with van der Waals surface area (Å²) in [6.07, 6.45) is -0.596. The van der Waals surface area contributed by atoms with E-state index in [0.717, 1.165) is 22.3 Å². The van der Waals surface area contributed by atoms with Crippen molar-refractivity contribution in [3.63, 3.8) is 0 Å². The van der Waals surface area contributed by atoms with Gasteiger partial charge in [-0.15, -0.1) is 0 Å². The van der Waals surface area contributed by atoms with Gasteiger partial charge in [-0.25, -0.2) is 9.59 Å². The fourth-order valence-corrected chi connectivity index (χ4v) is 5.50. The zero-order valence-electron chi connectivity index (χ0n) is 18.7. The molecule has 33 heavy (non-hydrogen) atoms. The maximum Gasteiger partial charge on any atom is 0.407 e. The van der Waals surface area contributed by atoms with Crippen LogP contribution in [0.25, 0.3) is 11.1 Å². The lowest BCUT2D eigenvalue weighted by Gasteiger charge is -2.38. The number of benzene rings is 2. The number of hydrogen-bond acceptors (Lipinski definition) is 5. The Morgan fingerprint density at radius 3 is 2.30 bits per heavy atom. The van der Waals surface area contributed by atoms with E-state index in [0.29, 0.717) is 18.1 Å². The number of thioether (sulfide) groups is 1. The number of nitrogens with zero attached hydrogens (tertiary/aromatic N) is 1. The predicted octanol–water partition coefficient (Wildman–Crippen LogP) is 3.58. The van der Waals surface area contributed by atoms with Crippen molar-refractivity contribution in [1.82, 2.24) is 10.2 Å². The summed E-state index contributed by atoms with van der Waals surface area (Å²) in [4.78, 5) is 38.5. The lowest BCUT2D eigenvalue weighted by atomic mass is 9.90. The van der Waals surface area contributed by atoms with Gasteiger partial charge in [0.05, 0.1) is 5.41 Å². The van der Waals surface area contributed by atoms with Gasteiger partial charge in [0.2, 0.25) is 5.91 Å². The lowest BCUT2D eigenvalue weighted by molar-refractivity contribution is -0.153. The molecule has 8 heteroatoms. The topological polar surface area (TPSA) is 95.9 Å². The van der Waals surface area contributed by atoms with Gasteiger partial charge in [-0.2, -0.15) is 11.8 Å². The SMILES string of the molecule is CC(C)(CNC(=O)OCC1c2ccccc2-c2ccccc21)C(=O)N1CCSCC1C(=O)O. The minimum absolute atomic E-state index is 0.0417. The van der Waals surface area contributed by atoms with Gasteiger partial charge in [0, 0.05) is 30.5 Å². The number of alkyl carbamates (subject to hydrolysis) is 1. The van der Waals surface area contributed by atoms with E-state index in [1.165, 1.54) is 16.7 Å². The fraction of sp³-hybridized carbons (Fsp3) is 0.400. The number of carboxylic acid groups (broad SMARTS) is 1. The van der Waals surface area contributed by atoms with Crippen molar-refractivity contribution in [2.45, 2.75) is 25.8 Å². The highest BCUT2D eigenvalue weighted by Crippen LogP contribution is 2.44. The van der Waals surface area contributed by atoms with E-state index in [1.54, 1.807) is 13.8 Å². The van der Waals surface area contributed by atoms with E-state index in [9.17, 15) is 19.5 Å². The molecule has 1 fully saturated rings. The number of carbonyl (C=O) groups excluding carboxylic acids is 2. The minimum Gasteiger partial charge on any atom is -0.480 e. The maximum atomic E-state index is 13.1. The zero-order chi connectivity index (χ0) is 23.6. The van der Waals surface area contributed by atoms with Crippen molar-refractivity contribution in [3.8, 4) is 11.1 Å². The number of rotatable bonds is 6. The molecule has 7 nitrogen and oxygen atoms in total. The van der Waals surface area contributed by atoms with Crippen LogP contribution in [0.4, 0.5) is 4.79 Å². The summed E-state index contributed by atoms with van der Waals surface area (Å²) in [5.41, 5.74) is 3.61. The molecule has 0 spiro atoms. The van der Waals surface area contributed by atoms with Crippen molar-refractivity contribution in [2.24, 2.45) is 5.41 Å². The third-order valence-corrected chi connectivity index (χ3v) is 7.29. The summed E-state index contributed by atoms with van der Waals surface area (Å²) in [6.45, 7) is 4.05. The summed E-state index contributed by atoms with van der Waals surface area (Å²) in [7, 11) is 0. The minimum atomic E-state index is -1.00. The van der Waals surface area contributed by atoms with Crippen LogP contribution in [0.2, 0.25) is 0 Å². The molecule has 1 aliphatic carbocycles. The second-order valence-electron chi connectivity index (χ2n) is 8.99. The Labute approximate surface area is 197 Å². The van der Waals surface area contributed by atoms with E-state index < -0.39 is 23.5 Å². The highest BCUT2D eigenvalue weighted by molar-refractivity contribution is 7.99. The summed E-state index contributed by atoms with van der Waals surface area (Å²) in [5.74, 6) is -0.257. The Morgan fingerprint density at radius 1 is 1.09 bits per heavy atom. The maximum absolute atomic E-state index is 13.1. The van der Waals surface area contributed by atoms with Crippen LogP contribution in [0.3, 0.4) is 0 Å². The summed E-state index contributed by atoms with van der Waals surface area (Å²) >= 11 is 1.53. The Morgan fingerprint density at radius 2 is 1.70 bits per heavy atom. The molecule has 4 rings (SSSR count). The van der Waals surface area contributed by atoms with Crippen LogP contribution in [-0.4, -0.2) is 65.2 Å². The molecule has 2 aliphatic rings. The standard InChI is InChI=1S/C25H28N2O5S/c1-25(2,23(30)27-11-12-33-14-21(27)22(28)29)15-26-24(31)32-13-20-18-9-5-3-7-16(18)17-8-4-6-10-19(17)20/h3-10,20-21H,11-15H2,1-2H3,(H,26,31)(H,28,29). The average Bonchev–Trinajstić information content (AvgIpc) is 3.14. The summed E-state index contributed by atoms with van der Waals surface area (Å²) in [6, 6.07) is 15.4. The first-order chi connectivity index (χ1) is 15.8. The molecule has 2 N–H and O–H groups in total. The Bertz CT molecular complexity index is 1020. The number of amides is 2. The second-order valence-corrected chi connectivity index (χ2v) is 10.1. The van der Waals surface area contributed by atoms with Gasteiger partial charge in [0.25, 0.3) is 0 Å². The highest BCUT2D eigenvalue weighted by Gasteiger charge is 2.40. The molecule has 2 amide bonds. The third-order valence-electron chi connectivity index (χ3n) is 6.27. The molecule has 1 atom stereocenters. The van der Waals surface area contributed by atoms with Crippen LogP contribution in [0, 0.1) is 5.41 Å². The summed E-state index contributed by atoms with van der Waals surface area (Å²) in [5, 5.41) is 12.2. The second kappa shape index (κ2) is 9.47. The van der Waals surface area contributed by atoms with E-state index in [-0.39, 0.29) is 25.0 Å². The third kappa shape index (κ3) is 4.71. The number of fused-ring (bicyclic) bond motifs is 3. The van der Waals surface area contributed by atoms with Gasteiger partial charge in [0.1, 0.15) is 12.6 Å². The fourth-order valence-electron chi connectivity index (χ4n) is 4.46. The zero-order valence-corrected chi connectivity index (χ0v) is 19.6. The smallest absolute Gasteiger partial charge is 0.407 e. The molecule has 0 aromatic heterocycles. The molecule has 0 bridgehead atoms. The van der Waals surface area contributed by atoms with Crippen LogP contribution < -0.4 is 5.32 Å². The first-order valence-corrected chi connectivity index (χ1v) is 12.2. The molecule has 2 aromatic carbocycles. The Hall–Kier alpha value is -3.00. The molecule has 0 saturated carbocycles. The summed E-state index contributed by atoms with van der Waals surface area (Å²) < 4.78 is 5.55. The number of aliphatic carboxylic acids is 1. The van der Waals surface area contributed by atoms with E-state index >= 15 is 0 Å². The molecule has 1 saturated heterocycles. The normalized spacial score (nSPS) is 17.8. The van der Waals surface area contributed by atoms with Crippen molar-refractivity contribution in [2.75, 3.05) is 31.2 Å². The number of hydrogen-bond donors (Lipinski definition) is 2. The number of ether oxygens (including phenoxy) is 1. The van der Waals surface area contributed by atoms with Gasteiger partial charge < -0.3 is 20.1 Å². The van der Waals surface area contributed by atoms with Crippen LogP contribution >= 0.6 is 11.8 Å². The molecule has 1 heterocycles. The van der Waals surface area contributed by atoms with E-state index in [1.807, 2.05) is 24.3 Å². The van der Waals surface area contributed by atoms with Gasteiger partial charge in [-0.05, 0) is 36.1 Å². The predicted molar refractivity (Wildman–Crippen MR) is 127 cm³/mol. The van der Waals surface area contributed by atoms with E-state index in [4.69, 9.17) is 4.74 Å². The van der Waals surface area contributed by atoms with Crippen LogP contribution in [-0.2, 0) is 14.3 Å². The molecule has 174 valence electrons. The quantitative estimate of drug-likeness (QED) is 0.673. The monoisotopic (exact) mass is 468 g/mol. The average molecular weight is 469 g/mol. The van der Waals surface area contributed by atoms with Gasteiger partial charge in [-0.3, -0.25) is 4.79 Å². The largest absolute Gasteiger partial charge is 0.480 e. The number of nitrogens with one attached hydrogen (secondary N) is 1. The van der Waals surface area contributed by atoms with Crippen molar-refractivity contribution >= 4 is 29.7 Å². The van der Waals surface area contributed by atoms with Crippen molar-refractivity contribution in [1.29, 1.82) is 0 Å². The number of carbonyl (C=O) groups is 3. The van der Waals surface area contributed by atoms with E-state index in [2.05, 4.69) is 29.6 Å². The first-order valence-electron chi connectivity index (χ1n) is 11.0. The van der Waals surface area contributed by atoms with Crippen LogP contribution in [0.5, 0.6) is 0 Å². The van der Waals surface area contributed by atoms with Gasteiger partial charge in [-0.1, -0.05) is 48.5 Å². The Kier molecular flexibility index (Phi) is 6.65. The molecular weight excluding hydrogens is 440 g/mol. The molecule has 1 unspecified atom stereocenters. The number of carboxylic acids is 1. The lowest BCUT2D eigenvalue weighted by Crippen LogP contribution is -2.56. The van der Waals surface area contributed by atoms with Crippen LogP contribution in [0.15, 0.2) is 48.5 Å². The van der Waals surface area contributed by atoms with Gasteiger partial charge in [0.15, 0.2) is 0 Å². The van der Waals surface area contributed by atoms with Gasteiger partial charge >= 0.3 is 12.1 Å². The Balaban J connectivity index is 1.36.